The molecule has 0 heterocycles. The number of nitrogens with zero attached hydrogens (tertiary/aromatic N) is 1. The van der Waals surface area contributed by atoms with Crippen LogP contribution in [0.4, 0.5) is 4.39 Å². The highest BCUT2D eigenvalue weighted by atomic mass is 19.1. The fraction of sp³-hybridized carbons (Fsp3) is 0.600. The number of hydrogen-bond acceptors (Lipinski definition) is 2. The molecule has 2 unspecified atom stereocenters. The Balaban J connectivity index is 2.36. The molecule has 0 aliphatic heterocycles. The van der Waals surface area contributed by atoms with Crippen molar-refractivity contribution in [3.63, 3.8) is 0 Å². The van der Waals surface area contributed by atoms with Gasteiger partial charge in [0.2, 0.25) is 0 Å². The Morgan fingerprint density at radius 1 is 1.28 bits per heavy atom. The highest BCUT2D eigenvalue weighted by molar-refractivity contribution is 5.19. The van der Waals surface area contributed by atoms with Gasteiger partial charge in [-0.2, -0.15) is 0 Å². The van der Waals surface area contributed by atoms with Crippen LogP contribution in [-0.2, 0) is 0 Å². The Hall–Kier alpha value is -0.930. The molecule has 0 aromatic heterocycles. The predicted molar refractivity (Wildman–Crippen MR) is 74.9 cm³/mol. The zero-order chi connectivity index (χ0) is 13.5. The molecule has 0 amide bonds. The van der Waals surface area contributed by atoms with Crippen molar-refractivity contribution in [1.29, 1.82) is 0 Å². The van der Waals surface area contributed by atoms with E-state index in [4.69, 9.17) is 5.73 Å². The van der Waals surface area contributed by atoms with Crippen molar-refractivity contribution in [2.24, 2.45) is 11.7 Å². The molecule has 3 heteroatoms. The molecule has 102 valence electrons. The van der Waals surface area contributed by atoms with E-state index in [9.17, 15) is 4.39 Å². The van der Waals surface area contributed by atoms with Crippen LogP contribution in [0.1, 0.15) is 38.3 Å². The maximum absolute atomic E-state index is 12.8. The summed E-state index contributed by atoms with van der Waals surface area (Å²) in [5, 5.41) is 0. The van der Waals surface area contributed by atoms with Crippen LogP contribution in [0.5, 0.6) is 0 Å². The molecule has 2 N–H and O–H groups in total. The van der Waals surface area contributed by atoms with Crippen LogP contribution in [0.15, 0.2) is 24.3 Å². The van der Waals surface area contributed by atoms with E-state index in [1.165, 1.54) is 18.6 Å². The largest absolute Gasteiger partial charge is 0.324 e. The van der Waals surface area contributed by atoms with E-state index in [0.29, 0.717) is 0 Å². The Morgan fingerprint density at radius 3 is 2.44 bits per heavy atom. The van der Waals surface area contributed by atoms with Gasteiger partial charge in [-0.05, 0) is 43.6 Å². The molecule has 0 bridgehead atoms. The molecule has 0 spiro atoms. The fourth-order valence-corrected chi connectivity index (χ4v) is 1.99. The van der Waals surface area contributed by atoms with Gasteiger partial charge in [0, 0.05) is 12.6 Å². The quantitative estimate of drug-likeness (QED) is 0.807. The van der Waals surface area contributed by atoms with E-state index in [1.54, 1.807) is 12.1 Å². The van der Waals surface area contributed by atoms with E-state index in [-0.39, 0.29) is 11.9 Å². The number of nitrogens with two attached hydrogens (primary N) is 1. The van der Waals surface area contributed by atoms with Crippen LogP contribution >= 0.6 is 0 Å². The molecule has 1 aromatic rings. The summed E-state index contributed by atoms with van der Waals surface area (Å²) >= 11 is 0. The van der Waals surface area contributed by atoms with Gasteiger partial charge >= 0.3 is 0 Å². The van der Waals surface area contributed by atoms with E-state index in [0.717, 1.165) is 31.0 Å². The summed E-state index contributed by atoms with van der Waals surface area (Å²) in [4.78, 5) is 2.32. The smallest absolute Gasteiger partial charge is 0.123 e. The third-order valence-electron chi connectivity index (χ3n) is 3.44. The van der Waals surface area contributed by atoms with Gasteiger partial charge < -0.3 is 10.6 Å². The van der Waals surface area contributed by atoms with Crippen molar-refractivity contribution in [1.82, 2.24) is 4.90 Å². The van der Waals surface area contributed by atoms with Gasteiger partial charge in [0.05, 0.1) is 0 Å². The first-order chi connectivity index (χ1) is 8.52. The van der Waals surface area contributed by atoms with Crippen LogP contribution in [0.3, 0.4) is 0 Å². The first-order valence-electron chi connectivity index (χ1n) is 6.72. The van der Waals surface area contributed by atoms with Crippen LogP contribution in [-0.4, -0.2) is 25.0 Å². The second-order valence-corrected chi connectivity index (χ2v) is 5.22. The van der Waals surface area contributed by atoms with Crippen LogP contribution in [0.2, 0.25) is 0 Å². The van der Waals surface area contributed by atoms with Gasteiger partial charge in [-0.1, -0.05) is 32.4 Å². The molecule has 18 heavy (non-hydrogen) atoms. The Kier molecular flexibility index (Phi) is 6.30. The summed E-state index contributed by atoms with van der Waals surface area (Å²) in [6.45, 7) is 6.55. The number of halogens is 1. The predicted octanol–water partition coefficient (Wildman–Crippen LogP) is 3.19. The molecular weight excluding hydrogens is 227 g/mol. The lowest BCUT2D eigenvalue weighted by Gasteiger charge is -2.22. The average molecular weight is 252 g/mol. The molecule has 2 nitrogen and oxygen atoms in total. The molecule has 0 saturated heterocycles. The summed E-state index contributed by atoms with van der Waals surface area (Å²) in [5.41, 5.74) is 7.12. The number of hydrogen-bond donors (Lipinski definition) is 1. The summed E-state index contributed by atoms with van der Waals surface area (Å²) in [6.07, 6.45) is 2.10. The van der Waals surface area contributed by atoms with E-state index in [1.807, 2.05) is 0 Å². The molecule has 0 radical (unpaired) electrons. The molecule has 0 aliphatic carbocycles. The van der Waals surface area contributed by atoms with Crippen molar-refractivity contribution in [2.75, 3.05) is 20.1 Å². The Morgan fingerprint density at radius 2 is 1.89 bits per heavy atom. The molecule has 2 atom stereocenters. The molecule has 0 saturated carbocycles. The van der Waals surface area contributed by atoms with E-state index in [2.05, 4.69) is 25.8 Å². The first-order valence-corrected chi connectivity index (χ1v) is 6.72. The van der Waals surface area contributed by atoms with Gasteiger partial charge in [0.25, 0.3) is 0 Å². The van der Waals surface area contributed by atoms with Crippen molar-refractivity contribution in [3.05, 3.63) is 35.6 Å². The average Bonchev–Trinajstić information content (AvgIpc) is 2.36. The molecule has 0 aliphatic rings. The molecular formula is C15H25FN2. The minimum Gasteiger partial charge on any atom is -0.324 e. The van der Waals surface area contributed by atoms with Crippen molar-refractivity contribution in [2.45, 2.75) is 32.7 Å². The summed E-state index contributed by atoms with van der Waals surface area (Å²) < 4.78 is 12.8. The van der Waals surface area contributed by atoms with Gasteiger partial charge in [-0.15, -0.1) is 0 Å². The monoisotopic (exact) mass is 252 g/mol. The summed E-state index contributed by atoms with van der Waals surface area (Å²) in [6, 6.07) is 6.48. The molecule has 0 fully saturated rings. The van der Waals surface area contributed by atoms with Gasteiger partial charge in [0.1, 0.15) is 5.82 Å². The lowest BCUT2D eigenvalue weighted by molar-refractivity contribution is 0.272. The van der Waals surface area contributed by atoms with Gasteiger partial charge in [0.15, 0.2) is 0 Å². The Bertz CT molecular complexity index is 337. The lowest BCUT2D eigenvalue weighted by Crippen LogP contribution is -2.27. The molecule has 1 rings (SSSR count). The maximum Gasteiger partial charge on any atom is 0.123 e. The Labute approximate surface area is 110 Å². The van der Waals surface area contributed by atoms with E-state index < -0.39 is 0 Å². The standard InChI is InChI=1S/C15H25FN2/c1-4-12(2)11-18(3)10-9-15(17)13-5-7-14(16)8-6-13/h5-8,12,15H,4,9-11,17H2,1-3H3. The second kappa shape index (κ2) is 7.49. The van der Waals surface area contributed by atoms with Gasteiger partial charge in [-0.3, -0.25) is 0 Å². The zero-order valence-corrected chi connectivity index (χ0v) is 11.7. The van der Waals surface area contributed by atoms with Crippen molar-refractivity contribution in [3.8, 4) is 0 Å². The molecule has 1 aromatic carbocycles. The number of rotatable bonds is 7. The van der Waals surface area contributed by atoms with Crippen molar-refractivity contribution < 1.29 is 4.39 Å². The normalized spacial score (nSPS) is 14.8. The van der Waals surface area contributed by atoms with Crippen LogP contribution < -0.4 is 5.73 Å². The van der Waals surface area contributed by atoms with Crippen LogP contribution in [0, 0.1) is 11.7 Å². The lowest BCUT2D eigenvalue weighted by atomic mass is 10.0. The third-order valence-corrected chi connectivity index (χ3v) is 3.44. The van der Waals surface area contributed by atoms with Gasteiger partial charge in [-0.25, -0.2) is 4.39 Å². The summed E-state index contributed by atoms with van der Waals surface area (Å²) in [5.74, 6) is 0.511. The summed E-state index contributed by atoms with van der Waals surface area (Å²) in [7, 11) is 2.13. The maximum atomic E-state index is 12.8. The first kappa shape index (κ1) is 15.1. The van der Waals surface area contributed by atoms with Crippen molar-refractivity contribution >= 4 is 0 Å². The minimum absolute atomic E-state index is 0.00928. The topological polar surface area (TPSA) is 29.3 Å². The highest BCUT2D eigenvalue weighted by Crippen LogP contribution is 2.15. The SMILES string of the molecule is CCC(C)CN(C)CCC(N)c1ccc(F)cc1. The van der Waals surface area contributed by atoms with E-state index >= 15 is 0 Å². The third kappa shape index (κ3) is 5.15. The minimum atomic E-state index is -0.208. The number of benzene rings is 1. The fourth-order valence-electron chi connectivity index (χ4n) is 1.99. The highest BCUT2D eigenvalue weighted by Gasteiger charge is 2.09. The van der Waals surface area contributed by atoms with Crippen LogP contribution in [0.25, 0.3) is 0 Å². The zero-order valence-electron chi connectivity index (χ0n) is 11.7. The second-order valence-electron chi connectivity index (χ2n) is 5.22.